The maximum Gasteiger partial charge on any atom is 0.139 e. The van der Waals surface area contributed by atoms with Crippen molar-refractivity contribution in [2.75, 3.05) is 6.54 Å². The number of aromatic amines is 1. The molecule has 5 heteroatoms. The number of fused-ring (bicyclic) bond motifs is 3. The molecule has 3 aromatic heterocycles. The Bertz CT molecular complexity index is 750. The van der Waals surface area contributed by atoms with E-state index in [1.165, 1.54) is 0 Å². The molecular formula is C14H17N5. The molecule has 19 heavy (non-hydrogen) atoms. The number of likely N-dealkylation sites (N-methyl/N-ethyl adjacent to an activating group) is 1. The number of hydrogen-bond acceptors (Lipinski definition) is 3. The van der Waals surface area contributed by atoms with Crippen molar-refractivity contribution in [1.82, 2.24) is 24.8 Å². The van der Waals surface area contributed by atoms with Crippen LogP contribution in [0, 0.1) is 0 Å². The smallest absolute Gasteiger partial charge is 0.139 e. The predicted octanol–water partition coefficient (Wildman–Crippen LogP) is 2.12. The Kier molecular flexibility index (Phi) is 2.74. The quantitative estimate of drug-likeness (QED) is 0.750. The molecule has 0 spiro atoms. The van der Waals surface area contributed by atoms with Crippen LogP contribution in [-0.2, 0) is 13.5 Å². The third-order valence-electron chi connectivity index (χ3n) is 3.31. The molecule has 0 bridgehead atoms. The molecule has 0 saturated carbocycles. The number of imidazole rings is 1. The van der Waals surface area contributed by atoms with Gasteiger partial charge in [0.05, 0.1) is 11.7 Å². The third-order valence-corrected chi connectivity index (χ3v) is 3.31. The highest BCUT2D eigenvalue weighted by Gasteiger charge is 2.12. The SMILES string of the molecule is C=C(Cc1nc2cnc3[nH]ccc3c2n1C)NCC. The lowest BCUT2D eigenvalue weighted by Gasteiger charge is -2.07. The van der Waals surface area contributed by atoms with Crippen molar-refractivity contribution in [3.8, 4) is 0 Å². The molecule has 0 saturated heterocycles. The zero-order chi connectivity index (χ0) is 13.4. The number of nitrogens with one attached hydrogen (secondary N) is 2. The molecule has 0 atom stereocenters. The summed E-state index contributed by atoms with van der Waals surface area (Å²) in [6.45, 7) is 6.96. The third kappa shape index (κ3) is 1.87. The van der Waals surface area contributed by atoms with Crippen molar-refractivity contribution >= 4 is 22.1 Å². The summed E-state index contributed by atoms with van der Waals surface area (Å²) in [5.74, 6) is 0.997. The summed E-state index contributed by atoms with van der Waals surface area (Å²) in [5.41, 5.74) is 3.92. The predicted molar refractivity (Wildman–Crippen MR) is 76.9 cm³/mol. The summed E-state index contributed by atoms with van der Waals surface area (Å²) >= 11 is 0. The maximum absolute atomic E-state index is 4.65. The second-order valence-corrected chi connectivity index (χ2v) is 4.63. The number of aromatic nitrogens is 4. The second-order valence-electron chi connectivity index (χ2n) is 4.63. The Morgan fingerprint density at radius 3 is 3.16 bits per heavy atom. The van der Waals surface area contributed by atoms with Gasteiger partial charge in [-0.1, -0.05) is 6.58 Å². The highest BCUT2D eigenvalue weighted by Crippen LogP contribution is 2.23. The average molecular weight is 255 g/mol. The van der Waals surface area contributed by atoms with Crippen LogP contribution in [0.3, 0.4) is 0 Å². The number of allylic oxidation sites excluding steroid dienone is 1. The Morgan fingerprint density at radius 1 is 1.53 bits per heavy atom. The Morgan fingerprint density at radius 2 is 2.37 bits per heavy atom. The van der Waals surface area contributed by atoms with Gasteiger partial charge < -0.3 is 14.9 Å². The number of H-pyrrole nitrogens is 1. The molecule has 98 valence electrons. The lowest BCUT2D eigenvalue weighted by atomic mass is 10.3. The molecule has 0 aliphatic carbocycles. The van der Waals surface area contributed by atoms with Gasteiger partial charge in [0.15, 0.2) is 0 Å². The summed E-state index contributed by atoms with van der Waals surface area (Å²) in [6, 6.07) is 2.04. The molecule has 5 nitrogen and oxygen atoms in total. The maximum atomic E-state index is 4.65. The summed E-state index contributed by atoms with van der Waals surface area (Å²) in [7, 11) is 2.04. The number of nitrogens with zero attached hydrogens (tertiary/aromatic N) is 3. The molecule has 3 heterocycles. The normalized spacial score (nSPS) is 11.3. The second kappa shape index (κ2) is 4.42. The van der Waals surface area contributed by atoms with E-state index in [9.17, 15) is 0 Å². The van der Waals surface area contributed by atoms with E-state index in [-0.39, 0.29) is 0 Å². The fourth-order valence-electron chi connectivity index (χ4n) is 2.42. The first kappa shape index (κ1) is 11.8. The highest BCUT2D eigenvalue weighted by atomic mass is 15.1. The minimum Gasteiger partial charge on any atom is -0.389 e. The van der Waals surface area contributed by atoms with Gasteiger partial charge in [-0.3, -0.25) is 0 Å². The van der Waals surface area contributed by atoms with Crippen molar-refractivity contribution in [1.29, 1.82) is 0 Å². The lowest BCUT2D eigenvalue weighted by Crippen LogP contribution is -2.14. The molecule has 0 aromatic carbocycles. The fraction of sp³-hybridized carbons (Fsp3) is 0.286. The Labute approximate surface area is 111 Å². The van der Waals surface area contributed by atoms with Crippen LogP contribution in [0.2, 0.25) is 0 Å². The van der Waals surface area contributed by atoms with Gasteiger partial charge in [-0.15, -0.1) is 0 Å². The first-order valence-corrected chi connectivity index (χ1v) is 6.39. The van der Waals surface area contributed by atoms with Crippen LogP contribution < -0.4 is 5.32 Å². The van der Waals surface area contributed by atoms with Crippen LogP contribution in [-0.4, -0.2) is 26.1 Å². The molecule has 3 rings (SSSR count). The molecule has 0 aliphatic heterocycles. The van der Waals surface area contributed by atoms with Gasteiger partial charge in [0, 0.05) is 37.3 Å². The zero-order valence-electron chi connectivity index (χ0n) is 11.2. The van der Waals surface area contributed by atoms with Gasteiger partial charge in [0.25, 0.3) is 0 Å². The minimum atomic E-state index is 0.727. The number of pyridine rings is 1. The highest BCUT2D eigenvalue weighted by molar-refractivity contribution is 6.01. The van der Waals surface area contributed by atoms with Gasteiger partial charge in [-0.25, -0.2) is 9.97 Å². The van der Waals surface area contributed by atoms with E-state index in [2.05, 4.69) is 38.3 Å². The zero-order valence-corrected chi connectivity index (χ0v) is 11.2. The summed E-state index contributed by atoms with van der Waals surface area (Å²) in [4.78, 5) is 12.1. The Balaban J connectivity index is 2.12. The van der Waals surface area contributed by atoms with E-state index < -0.39 is 0 Å². The van der Waals surface area contributed by atoms with E-state index in [1.807, 2.05) is 25.5 Å². The van der Waals surface area contributed by atoms with Crippen molar-refractivity contribution in [3.63, 3.8) is 0 Å². The molecule has 0 unspecified atom stereocenters. The van der Waals surface area contributed by atoms with Crippen LogP contribution in [0.4, 0.5) is 0 Å². The summed E-state index contributed by atoms with van der Waals surface area (Å²) < 4.78 is 2.12. The van der Waals surface area contributed by atoms with Gasteiger partial charge >= 0.3 is 0 Å². The first-order chi connectivity index (χ1) is 9.20. The molecule has 0 fully saturated rings. The van der Waals surface area contributed by atoms with Gasteiger partial charge in [0.1, 0.15) is 17.0 Å². The van der Waals surface area contributed by atoms with Crippen molar-refractivity contribution in [2.24, 2.45) is 7.05 Å². The van der Waals surface area contributed by atoms with Crippen LogP contribution in [0.5, 0.6) is 0 Å². The van der Waals surface area contributed by atoms with Gasteiger partial charge in [-0.2, -0.15) is 0 Å². The van der Waals surface area contributed by atoms with Crippen LogP contribution >= 0.6 is 0 Å². The largest absolute Gasteiger partial charge is 0.389 e. The fourth-order valence-corrected chi connectivity index (χ4v) is 2.42. The van der Waals surface area contributed by atoms with Crippen molar-refractivity contribution in [3.05, 3.63) is 36.6 Å². The molecule has 0 amide bonds. The Hall–Kier alpha value is -2.30. The molecule has 3 aromatic rings. The molecule has 2 N–H and O–H groups in total. The summed E-state index contributed by atoms with van der Waals surface area (Å²) in [5, 5.41) is 4.33. The number of aryl methyl sites for hydroxylation is 1. The first-order valence-electron chi connectivity index (χ1n) is 6.39. The monoisotopic (exact) mass is 255 g/mol. The number of rotatable bonds is 4. The number of hydrogen-bond donors (Lipinski definition) is 2. The standard InChI is InChI=1S/C14H17N5/c1-4-15-9(2)7-12-18-11-8-17-14-10(5-6-16-14)13(11)19(12)3/h5-6,8,15H,2,4,7H2,1,3H3,(H,16,17). The summed E-state index contributed by atoms with van der Waals surface area (Å²) in [6.07, 6.45) is 4.44. The van der Waals surface area contributed by atoms with Crippen molar-refractivity contribution < 1.29 is 0 Å². The van der Waals surface area contributed by atoms with Crippen LogP contribution in [0.15, 0.2) is 30.7 Å². The minimum absolute atomic E-state index is 0.727. The molecule has 0 aliphatic rings. The van der Waals surface area contributed by atoms with E-state index in [4.69, 9.17) is 0 Å². The van der Waals surface area contributed by atoms with E-state index in [1.54, 1.807) is 0 Å². The van der Waals surface area contributed by atoms with Gasteiger partial charge in [0.2, 0.25) is 0 Å². The average Bonchev–Trinajstić information content (AvgIpc) is 2.95. The van der Waals surface area contributed by atoms with Crippen molar-refractivity contribution in [2.45, 2.75) is 13.3 Å². The lowest BCUT2D eigenvalue weighted by molar-refractivity contribution is 0.768. The van der Waals surface area contributed by atoms with Gasteiger partial charge in [-0.05, 0) is 13.0 Å². The van der Waals surface area contributed by atoms with E-state index >= 15 is 0 Å². The molecular weight excluding hydrogens is 238 g/mol. The van der Waals surface area contributed by atoms with E-state index in [0.717, 1.165) is 46.6 Å². The van der Waals surface area contributed by atoms with Crippen LogP contribution in [0.1, 0.15) is 12.7 Å². The topological polar surface area (TPSA) is 58.5 Å². The molecule has 0 radical (unpaired) electrons. The van der Waals surface area contributed by atoms with E-state index in [0.29, 0.717) is 0 Å². The van der Waals surface area contributed by atoms with Crippen LogP contribution in [0.25, 0.3) is 22.1 Å².